The second-order valence-corrected chi connectivity index (χ2v) is 4.62. The van der Waals surface area contributed by atoms with Gasteiger partial charge in [-0.1, -0.05) is 0 Å². The van der Waals surface area contributed by atoms with E-state index < -0.39 is 0 Å². The van der Waals surface area contributed by atoms with Crippen LogP contribution in [0.25, 0.3) is 0 Å². The zero-order valence-corrected chi connectivity index (χ0v) is 10.8. The Morgan fingerprint density at radius 1 is 1.35 bits per heavy atom. The smallest absolute Gasteiger partial charge is 0.180 e. The molecule has 0 amide bonds. The molecule has 0 aliphatic carbocycles. The summed E-state index contributed by atoms with van der Waals surface area (Å²) in [6.45, 7) is 8.20. The lowest BCUT2D eigenvalue weighted by molar-refractivity contribution is 0.0920. The molecule has 1 aliphatic heterocycles. The normalized spacial score (nSPS) is 17.4. The number of carbonyl (C=O) groups excluding carboxylic acids is 1. The molecule has 2 rings (SSSR count). The number of carbonyl (C=O) groups is 1. The molecule has 5 heteroatoms. The Labute approximate surface area is 102 Å². The molecular formula is C12H20N4O. The van der Waals surface area contributed by atoms with Crippen LogP contribution >= 0.6 is 0 Å². The van der Waals surface area contributed by atoms with E-state index in [9.17, 15) is 4.79 Å². The van der Waals surface area contributed by atoms with Crippen LogP contribution in [0.15, 0.2) is 0 Å². The van der Waals surface area contributed by atoms with Gasteiger partial charge >= 0.3 is 0 Å². The molecule has 1 aromatic rings. The molecule has 0 radical (unpaired) electrons. The summed E-state index contributed by atoms with van der Waals surface area (Å²) in [5.41, 5.74) is 2.60. The fourth-order valence-corrected chi connectivity index (χ4v) is 2.33. The van der Waals surface area contributed by atoms with E-state index in [4.69, 9.17) is 0 Å². The van der Waals surface area contributed by atoms with Gasteiger partial charge in [0.1, 0.15) is 0 Å². The Morgan fingerprint density at radius 2 is 2.00 bits per heavy atom. The number of nitrogens with one attached hydrogen (secondary N) is 1. The number of aryl methyl sites for hydroxylation is 2. The van der Waals surface area contributed by atoms with Crippen molar-refractivity contribution in [1.82, 2.24) is 20.0 Å². The molecular weight excluding hydrogens is 216 g/mol. The van der Waals surface area contributed by atoms with Crippen LogP contribution in [0, 0.1) is 13.8 Å². The van der Waals surface area contributed by atoms with Gasteiger partial charge in [-0.05, 0) is 13.8 Å². The van der Waals surface area contributed by atoms with Crippen molar-refractivity contribution in [3.8, 4) is 0 Å². The topological polar surface area (TPSA) is 50.2 Å². The van der Waals surface area contributed by atoms with Crippen molar-refractivity contribution >= 4 is 5.78 Å². The SMILES string of the molecule is Cc1nn(C)c(C)c1C(=O)CN1CCNCC1. The van der Waals surface area contributed by atoms with E-state index in [2.05, 4.69) is 15.3 Å². The summed E-state index contributed by atoms with van der Waals surface area (Å²) in [7, 11) is 1.88. The van der Waals surface area contributed by atoms with Crippen molar-refractivity contribution in [2.75, 3.05) is 32.7 Å². The van der Waals surface area contributed by atoms with Gasteiger partial charge in [-0.2, -0.15) is 5.10 Å². The number of rotatable bonds is 3. The first-order valence-corrected chi connectivity index (χ1v) is 6.06. The van der Waals surface area contributed by atoms with Crippen molar-refractivity contribution in [2.24, 2.45) is 7.05 Å². The Balaban J connectivity index is 2.08. The number of hydrogen-bond donors (Lipinski definition) is 1. The average Bonchev–Trinajstić information content (AvgIpc) is 2.54. The third-order valence-electron chi connectivity index (χ3n) is 3.36. The highest BCUT2D eigenvalue weighted by Crippen LogP contribution is 2.13. The van der Waals surface area contributed by atoms with Crippen molar-refractivity contribution in [2.45, 2.75) is 13.8 Å². The first-order chi connectivity index (χ1) is 8.09. The second-order valence-electron chi connectivity index (χ2n) is 4.62. The van der Waals surface area contributed by atoms with E-state index in [1.165, 1.54) is 0 Å². The van der Waals surface area contributed by atoms with Crippen LogP contribution < -0.4 is 5.32 Å². The van der Waals surface area contributed by atoms with Crippen molar-refractivity contribution < 1.29 is 4.79 Å². The van der Waals surface area contributed by atoms with Gasteiger partial charge in [0, 0.05) is 38.9 Å². The number of piperazine rings is 1. The maximum atomic E-state index is 12.3. The van der Waals surface area contributed by atoms with Crippen molar-refractivity contribution in [1.29, 1.82) is 0 Å². The highest BCUT2D eigenvalue weighted by molar-refractivity contribution is 5.99. The van der Waals surface area contributed by atoms with Crippen LogP contribution in [0.3, 0.4) is 0 Å². The molecule has 5 nitrogen and oxygen atoms in total. The molecule has 17 heavy (non-hydrogen) atoms. The van der Waals surface area contributed by atoms with Gasteiger partial charge in [0.15, 0.2) is 5.78 Å². The molecule has 1 saturated heterocycles. The Hall–Kier alpha value is -1.20. The van der Waals surface area contributed by atoms with Gasteiger partial charge in [-0.3, -0.25) is 14.4 Å². The fraction of sp³-hybridized carbons (Fsp3) is 0.667. The summed E-state index contributed by atoms with van der Waals surface area (Å²) < 4.78 is 1.78. The van der Waals surface area contributed by atoms with Gasteiger partial charge in [-0.15, -0.1) is 0 Å². The zero-order valence-electron chi connectivity index (χ0n) is 10.8. The lowest BCUT2D eigenvalue weighted by atomic mass is 10.1. The van der Waals surface area contributed by atoms with E-state index >= 15 is 0 Å². The van der Waals surface area contributed by atoms with E-state index in [1.807, 2.05) is 20.9 Å². The number of aromatic nitrogens is 2. The van der Waals surface area contributed by atoms with E-state index in [-0.39, 0.29) is 5.78 Å². The molecule has 1 aromatic heterocycles. The van der Waals surface area contributed by atoms with Crippen LogP contribution in [0.1, 0.15) is 21.7 Å². The van der Waals surface area contributed by atoms with Gasteiger partial charge in [0.05, 0.1) is 17.8 Å². The predicted molar refractivity (Wildman–Crippen MR) is 66.3 cm³/mol. The van der Waals surface area contributed by atoms with Crippen LogP contribution in [0.5, 0.6) is 0 Å². The van der Waals surface area contributed by atoms with Crippen LogP contribution in [-0.4, -0.2) is 53.2 Å². The quantitative estimate of drug-likeness (QED) is 0.758. The van der Waals surface area contributed by atoms with Gasteiger partial charge in [0.25, 0.3) is 0 Å². The molecule has 1 aliphatic rings. The molecule has 1 fully saturated rings. The predicted octanol–water partition coefficient (Wildman–Crippen LogP) is 0.125. The first-order valence-electron chi connectivity index (χ1n) is 6.06. The minimum absolute atomic E-state index is 0.190. The largest absolute Gasteiger partial charge is 0.314 e. The molecule has 0 aromatic carbocycles. The molecule has 94 valence electrons. The molecule has 0 unspecified atom stereocenters. The molecule has 0 bridgehead atoms. The highest BCUT2D eigenvalue weighted by Gasteiger charge is 2.20. The summed E-state index contributed by atoms with van der Waals surface area (Å²) in [6.07, 6.45) is 0. The summed E-state index contributed by atoms with van der Waals surface area (Å²) in [5, 5.41) is 7.57. The van der Waals surface area contributed by atoms with Crippen molar-refractivity contribution in [3.63, 3.8) is 0 Å². The van der Waals surface area contributed by atoms with Gasteiger partial charge < -0.3 is 5.32 Å². The summed E-state index contributed by atoms with van der Waals surface area (Å²) >= 11 is 0. The number of nitrogens with zero attached hydrogens (tertiary/aromatic N) is 3. The Bertz CT molecular complexity index is 418. The lowest BCUT2D eigenvalue weighted by Gasteiger charge is -2.26. The highest BCUT2D eigenvalue weighted by atomic mass is 16.1. The molecule has 2 heterocycles. The van der Waals surface area contributed by atoms with Gasteiger partial charge in [-0.25, -0.2) is 0 Å². The van der Waals surface area contributed by atoms with Crippen LogP contribution in [-0.2, 0) is 7.05 Å². The number of hydrogen-bond acceptors (Lipinski definition) is 4. The van der Waals surface area contributed by atoms with E-state index in [1.54, 1.807) is 4.68 Å². The van der Waals surface area contributed by atoms with Gasteiger partial charge in [0.2, 0.25) is 0 Å². The number of Topliss-reactive ketones (excluding diaryl/α,β-unsaturated/α-hetero) is 1. The standard InChI is InChI=1S/C12H20N4O/c1-9-12(10(2)15(3)14-9)11(17)8-16-6-4-13-5-7-16/h13H,4-8H2,1-3H3. The Morgan fingerprint density at radius 3 is 2.53 bits per heavy atom. The zero-order chi connectivity index (χ0) is 12.4. The Kier molecular flexibility index (Phi) is 3.59. The maximum Gasteiger partial charge on any atom is 0.180 e. The average molecular weight is 236 g/mol. The third-order valence-corrected chi connectivity index (χ3v) is 3.36. The van der Waals surface area contributed by atoms with Crippen LogP contribution in [0.2, 0.25) is 0 Å². The first kappa shape index (κ1) is 12.3. The molecule has 0 atom stereocenters. The maximum absolute atomic E-state index is 12.3. The van der Waals surface area contributed by atoms with Crippen LogP contribution in [0.4, 0.5) is 0 Å². The minimum atomic E-state index is 0.190. The minimum Gasteiger partial charge on any atom is -0.314 e. The number of ketones is 1. The van der Waals surface area contributed by atoms with E-state index in [0.717, 1.165) is 43.1 Å². The monoisotopic (exact) mass is 236 g/mol. The summed E-state index contributed by atoms with van der Waals surface area (Å²) in [4.78, 5) is 14.5. The summed E-state index contributed by atoms with van der Waals surface area (Å²) in [6, 6.07) is 0. The van der Waals surface area contributed by atoms with Crippen molar-refractivity contribution in [3.05, 3.63) is 17.0 Å². The van der Waals surface area contributed by atoms with E-state index in [0.29, 0.717) is 6.54 Å². The third kappa shape index (κ3) is 2.56. The molecule has 1 N–H and O–H groups in total. The molecule has 0 spiro atoms. The molecule has 0 saturated carbocycles. The fourth-order valence-electron chi connectivity index (χ4n) is 2.33. The lowest BCUT2D eigenvalue weighted by Crippen LogP contribution is -2.45. The second kappa shape index (κ2) is 4.98. The summed E-state index contributed by atoms with van der Waals surface area (Å²) in [5.74, 6) is 0.190.